The van der Waals surface area contributed by atoms with E-state index in [0.29, 0.717) is 26.3 Å². The first-order valence-corrected chi connectivity index (χ1v) is 9.06. The molecule has 0 saturated carbocycles. The van der Waals surface area contributed by atoms with Gasteiger partial charge in [0.15, 0.2) is 0 Å². The van der Waals surface area contributed by atoms with E-state index in [4.69, 9.17) is 9.47 Å². The lowest BCUT2D eigenvalue weighted by atomic mass is 9.87. The van der Waals surface area contributed by atoms with E-state index in [1.165, 1.54) is 5.69 Å². The number of carbonyl (C=O) groups is 1. The second-order valence-electron chi connectivity index (χ2n) is 7.98. The topological polar surface area (TPSA) is 42.0 Å². The molecule has 1 amide bonds. The van der Waals surface area contributed by atoms with Crippen molar-refractivity contribution in [2.75, 3.05) is 44.8 Å². The molecule has 2 rings (SSSR count). The Morgan fingerprint density at radius 3 is 2.56 bits per heavy atom. The van der Waals surface area contributed by atoms with Crippen molar-refractivity contribution >= 4 is 11.8 Å². The van der Waals surface area contributed by atoms with Gasteiger partial charge in [-0.3, -0.25) is 0 Å². The average Bonchev–Trinajstić information content (AvgIpc) is 2.97. The molecule has 0 spiro atoms. The van der Waals surface area contributed by atoms with E-state index in [1.807, 2.05) is 50.8 Å². The molecule has 1 unspecified atom stereocenters. The first-order valence-electron chi connectivity index (χ1n) is 9.06. The van der Waals surface area contributed by atoms with Crippen LogP contribution >= 0.6 is 0 Å². The average molecular weight is 348 g/mol. The van der Waals surface area contributed by atoms with Crippen LogP contribution in [0.4, 0.5) is 10.5 Å². The highest BCUT2D eigenvalue weighted by atomic mass is 16.6. The highest BCUT2D eigenvalue weighted by Gasteiger charge is 2.42. The number of nitrogens with zero attached hydrogens (tertiary/aromatic N) is 2. The first-order chi connectivity index (χ1) is 11.7. The van der Waals surface area contributed by atoms with Gasteiger partial charge in [0.05, 0.1) is 6.61 Å². The summed E-state index contributed by atoms with van der Waals surface area (Å²) in [5, 5.41) is 0. The van der Waals surface area contributed by atoms with Crippen molar-refractivity contribution in [1.82, 2.24) is 4.90 Å². The van der Waals surface area contributed by atoms with Crippen LogP contribution in [0.5, 0.6) is 0 Å². The Balaban J connectivity index is 2.07. The van der Waals surface area contributed by atoms with E-state index in [-0.39, 0.29) is 11.5 Å². The summed E-state index contributed by atoms with van der Waals surface area (Å²) < 4.78 is 11.3. The van der Waals surface area contributed by atoms with Gasteiger partial charge in [0.2, 0.25) is 0 Å². The number of rotatable bonds is 6. The lowest BCUT2D eigenvalue weighted by Crippen LogP contribution is -2.43. The number of hydrogen-bond acceptors (Lipinski definition) is 4. The third kappa shape index (κ3) is 5.63. The molecule has 1 heterocycles. The molecule has 1 fully saturated rings. The summed E-state index contributed by atoms with van der Waals surface area (Å²) in [5.41, 5.74) is 0.634. The standard InChI is InChI=1S/C20H32N2O3/c1-6-24-16-20(14-21(5)17-10-8-7-9-11-17)12-13-22(15-20)18(23)25-19(2,3)4/h7-11H,6,12-16H2,1-5H3. The van der Waals surface area contributed by atoms with Gasteiger partial charge >= 0.3 is 6.09 Å². The number of benzene rings is 1. The molecule has 1 aromatic carbocycles. The van der Waals surface area contributed by atoms with Crippen molar-refractivity contribution in [3.05, 3.63) is 30.3 Å². The van der Waals surface area contributed by atoms with Crippen LogP contribution in [0.3, 0.4) is 0 Å². The predicted octanol–water partition coefficient (Wildman–Crippen LogP) is 3.79. The van der Waals surface area contributed by atoms with Gasteiger partial charge in [0.25, 0.3) is 0 Å². The minimum Gasteiger partial charge on any atom is -0.444 e. The number of ether oxygens (including phenoxy) is 2. The van der Waals surface area contributed by atoms with Crippen molar-refractivity contribution in [2.24, 2.45) is 5.41 Å². The summed E-state index contributed by atoms with van der Waals surface area (Å²) in [5.74, 6) is 0. The van der Waals surface area contributed by atoms with Crippen LogP contribution in [0.1, 0.15) is 34.1 Å². The number of likely N-dealkylation sites (tertiary alicyclic amines) is 1. The summed E-state index contributed by atoms with van der Waals surface area (Å²) in [7, 11) is 2.10. The fraction of sp³-hybridized carbons (Fsp3) is 0.650. The summed E-state index contributed by atoms with van der Waals surface area (Å²) in [6, 6.07) is 10.3. The molecule has 0 aromatic heterocycles. The van der Waals surface area contributed by atoms with Gasteiger partial charge in [0.1, 0.15) is 5.60 Å². The maximum Gasteiger partial charge on any atom is 0.410 e. The zero-order chi connectivity index (χ0) is 18.5. The third-order valence-corrected chi connectivity index (χ3v) is 4.47. The van der Waals surface area contributed by atoms with Crippen LogP contribution in [0.25, 0.3) is 0 Å². The third-order valence-electron chi connectivity index (χ3n) is 4.47. The SMILES string of the molecule is CCOCC1(CN(C)c2ccccc2)CCN(C(=O)OC(C)(C)C)C1. The molecule has 1 aliphatic rings. The fourth-order valence-corrected chi connectivity index (χ4v) is 3.31. The molecule has 0 aliphatic carbocycles. The zero-order valence-electron chi connectivity index (χ0n) is 16.2. The Kier molecular flexibility index (Phi) is 6.33. The lowest BCUT2D eigenvalue weighted by Gasteiger charge is -2.34. The van der Waals surface area contributed by atoms with Gasteiger partial charge in [-0.25, -0.2) is 4.79 Å². The summed E-state index contributed by atoms with van der Waals surface area (Å²) in [4.78, 5) is 16.5. The summed E-state index contributed by atoms with van der Waals surface area (Å²) >= 11 is 0. The Morgan fingerprint density at radius 2 is 1.96 bits per heavy atom. The van der Waals surface area contributed by atoms with Crippen LogP contribution < -0.4 is 4.90 Å². The summed E-state index contributed by atoms with van der Waals surface area (Å²) in [6.07, 6.45) is 0.692. The van der Waals surface area contributed by atoms with Crippen LogP contribution in [0.15, 0.2) is 30.3 Å². The number of para-hydroxylation sites is 1. The van der Waals surface area contributed by atoms with E-state index in [1.54, 1.807) is 0 Å². The van der Waals surface area contributed by atoms with E-state index in [9.17, 15) is 4.79 Å². The number of amides is 1. The molecular formula is C20H32N2O3. The van der Waals surface area contributed by atoms with E-state index in [0.717, 1.165) is 13.0 Å². The maximum absolute atomic E-state index is 12.4. The number of carbonyl (C=O) groups excluding carboxylic acids is 1. The highest BCUT2D eigenvalue weighted by Crippen LogP contribution is 2.34. The minimum atomic E-state index is -0.469. The van der Waals surface area contributed by atoms with Gasteiger partial charge in [-0.15, -0.1) is 0 Å². The predicted molar refractivity (Wildman–Crippen MR) is 101 cm³/mol. The smallest absolute Gasteiger partial charge is 0.410 e. The van der Waals surface area contributed by atoms with Crippen LogP contribution in [-0.2, 0) is 9.47 Å². The van der Waals surface area contributed by atoms with E-state index in [2.05, 4.69) is 24.1 Å². The Morgan fingerprint density at radius 1 is 1.28 bits per heavy atom. The second kappa shape index (κ2) is 8.09. The van der Waals surface area contributed by atoms with Crippen LogP contribution in [0, 0.1) is 5.41 Å². The van der Waals surface area contributed by atoms with Gasteiger partial charge < -0.3 is 19.3 Å². The summed E-state index contributed by atoms with van der Waals surface area (Å²) in [6.45, 7) is 11.3. The second-order valence-corrected chi connectivity index (χ2v) is 7.98. The normalized spacial score (nSPS) is 20.6. The molecule has 1 atom stereocenters. The lowest BCUT2D eigenvalue weighted by molar-refractivity contribution is 0.0218. The van der Waals surface area contributed by atoms with Gasteiger partial charge in [-0.05, 0) is 46.2 Å². The van der Waals surface area contributed by atoms with Crippen molar-refractivity contribution in [1.29, 1.82) is 0 Å². The number of hydrogen-bond donors (Lipinski definition) is 0. The minimum absolute atomic E-state index is 0.0719. The van der Waals surface area contributed by atoms with Crippen molar-refractivity contribution < 1.29 is 14.3 Å². The van der Waals surface area contributed by atoms with E-state index >= 15 is 0 Å². The molecule has 25 heavy (non-hydrogen) atoms. The van der Waals surface area contributed by atoms with Crippen molar-refractivity contribution in [2.45, 2.75) is 39.7 Å². The first kappa shape index (κ1) is 19.6. The Bertz CT molecular complexity index is 556. The molecule has 1 saturated heterocycles. The molecule has 0 bridgehead atoms. The highest BCUT2D eigenvalue weighted by molar-refractivity contribution is 5.68. The molecule has 5 heteroatoms. The van der Waals surface area contributed by atoms with Crippen molar-refractivity contribution in [3.63, 3.8) is 0 Å². The van der Waals surface area contributed by atoms with Gasteiger partial charge in [-0.2, -0.15) is 0 Å². The van der Waals surface area contributed by atoms with Crippen LogP contribution in [-0.4, -0.2) is 56.5 Å². The van der Waals surface area contributed by atoms with Crippen LogP contribution in [0.2, 0.25) is 0 Å². The molecular weight excluding hydrogens is 316 g/mol. The Labute approximate surface area is 151 Å². The molecule has 5 nitrogen and oxygen atoms in total. The quantitative estimate of drug-likeness (QED) is 0.784. The van der Waals surface area contributed by atoms with Gasteiger partial charge in [0, 0.05) is 44.4 Å². The molecule has 1 aromatic rings. The van der Waals surface area contributed by atoms with Crippen molar-refractivity contribution in [3.8, 4) is 0 Å². The molecule has 1 aliphatic heterocycles. The monoisotopic (exact) mass is 348 g/mol. The fourth-order valence-electron chi connectivity index (χ4n) is 3.31. The number of anilines is 1. The molecule has 140 valence electrons. The largest absolute Gasteiger partial charge is 0.444 e. The maximum atomic E-state index is 12.4. The van der Waals surface area contributed by atoms with E-state index < -0.39 is 5.60 Å². The van der Waals surface area contributed by atoms with Gasteiger partial charge in [-0.1, -0.05) is 18.2 Å². The Hall–Kier alpha value is -1.75. The zero-order valence-corrected chi connectivity index (χ0v) is 16.2. The molecule has 0 radical (unpaired) electrons. The molecule has 0 N–H and O–H groups in total.